The number of hydrogen-bond donors (Lipinski definition) is 3. The van der Waals surface area contributed by atoms with E-state index >= 15 is 4.39 Å². The molecular weight excluding hydrogens is 404 g/mol. The summed E-state index contributed by atoms with van der Waals surface area (Å²) in [5.74, 6) is -1.19. The van der Waals surface area contributed by atoms with Gasteiger partial charge in [0, 0.05) is 22.7 Å². The Bertz CT molecular complexity index is 1330. The molecule has 10 heteroatoms. The van der Waals surface area contributed by atoms with Crippen molar-refractivity contribution < 1.29 is 13.6 Å². The second-order valence-electron chi connectivity index (χ2n) is 8.03. The van der Waals surface area contributed by atoms with Gasteiger partial charge in [0.2, 0.25) is 5.91 Å². The maximum Gasteiger partial charge on any atom is 0.231 e. The zero-order valence-corrected chi connectivity index (χ0v) is 17.0. The third-order valence-electron chi connectivity index (χ3n) is 5.86. The van der Waals surface area contributed by atoms with E-state index < -0.39 is 12.1 Å². The number of aromatic amines is 1. The van der Waals surface area contributed by atoms with Crippen molar-refractivity contribution in [2.45, 2.75) is 32.4 Å². The minimum atomic E-state index is -1.08. The van der Waals surface area contributed by atoms with Crippen molar-refractivity contribution in [3.05, 3.63) is 41.7 Å². The second kappa shape index (κ2) is 7.09. The SMILES string of the molecule is Cc1c(F)c(C(C)CN)c2[nH]ncc2c1-c1cn2cc(NC(=O)[C@@H]3C[C@@H]3F)nc2cn1. The van der Waals surface area contributed by atoms with Gasteiger partial charge >= 0.3 is 0 Å². The van der Waals surface area contributed by atoms with Crippen molar-refractivity contribution in [2.75, 3.05) is 11.9 Å². The third kappa shape index (κ3) is 3.14. The molecule has 1 aliphatic carbocycles. The number of nitrogens with two attached hydrogens (primary N) is 1. The van der Waals surface area contributed by atoms with Crippen molar-refractivity contribution in [1.82, 2.24) is 24.6 Å². The standard InChI is InChI=1S/C21H21F2N7O/c1-9(4-24)17-19(23)10(2)18(12-5-26-29-20(12)17)14-7-30-8-15(27-16(30)6-25-14)28-21(31)11-3-13(11)22/h5-9,11,13H,3-4,24H2,1-2H3,(H,26,29)(H,28,31)/t9?,11-,13+/m1/s1. The number of alkyl halides is 1. The number of nitrogens with one attached hydrogen (secondary N) is 2. The van der Waals surface area contributed by atoms with Crippen LogP contribution in [0.3, 0.4) is 0 Å². The predicted molar refractivity (Wildman–Crippen MR) is 112 cm³/mol. The van der Waals surface area contributed by atoms with Crippen molar-refractivity contribution in [3.63, 3.8) is 0 Å². The van der Waals surface area contributed by atoms with Crippen LogP contribution in [0.1, 0.15) is 30.4 Å². The molecule has 1 aliphatic rings. The fraction of sp³-hybridized carbons (Fsp3) is 0.333. The first-order chi connectivity index (χ1) is 14.9. The molecule has 0 saturated heterocycles. The lowest BCUT2D eigenvalue weighted by Gasteiger charge is -2.17. The largest absolute Gasteiger partial charge is 0.330 e. The van der Waals surface area contributed by atoms with Crippen LogP contribution in [0.4, 0.5) is 14.6 Å². The molecule has 1 amide bonds. The molecule has 1 fully saturated rings. The van der Waals surface area contributed by atoms with Crippen LogP contribution in [0, 0.1) is 18.7 Å². The van der Waals surface area contributed by atoms with E-state index in [-0.39, 0.29) is 24.1 Å². The zero-order chi connectivity index (χ0) is 21.9. The van der Waals surface area contributed by atoms with Crippen LogP contribution >= 0.6 is 0 Å². The van der Waals surface area contributed by atoms with Gasteiger partial charge in [-0.3, -0.25) is 14.9 Å². The van der Waals surface area contributed by atoms with Gasteiger partial charge in [-0.05, 0) is 31.4 Å². The van der Waals surface area contributed by atoms with Crippen LogP contribution in [0.5, 0.6) is 0 Å². The van der Waals surface area contributed by atoms with Gasteiger partial charge < -0.3 is 15.5 Å². The summed E-state index contributed by atoms with van der Waals surface area (Å²) in [4.78, 5) is 20.8. The topological polar surface area (TPSA) is 114 Å². The lowest BCUT2D eigenvalue weighted by Crippen LogP contribution is -2.15. The molecule has 4 aromatic rings. The molecule has 160 valence electrons. The number of rotatable bonds is 5. The average Bonchev–Trinajstić information content (AvgIpc) is 3.12. The van der Waals surface area contributed by atoms with Crippen LogP contribution in [-0.2, 0) is 4.79 Å². The van der Waals surface area contributed by atoms with Crippen molar-refractivity contribution in [1.29, 1.82) is 0 Å². The average molecular weight is 425 g/mol. The van der Waals surface area contributed by atoms with Crippen molar-refractivity contribution in [2.24, 2.45) is 11.7 Å². The van der Waals surface area contributed by atoms with Gasteiger partial charge in [-0.1, -0.05) is 6.92 Å². The number of hydrogen-bond acceptors (Lipinski definition) is 5. The molecule has 3 aromatic heterocycles. The maximum absolute atomic E-state index is 15.3. The number of anilines is 1. The number of amides is 1. The fourth-order valence-electron chi connectivity index (χ4n) is 3.96. The normalized spacial score (nSPS) is 19.1. The molecule has 1 saturated carbocycles. The number of aromatic nitrogens is 5. The summed E-state index contributed by atoms with van der Waals surface area (Å²) in [6, 6.07) is 0. The van der Waals surface area contributed by atoms with Crippen LogP contribution in [0.15, 0.2) is 24.8 Å². The Morgan fingerprint density at radius 1 is 1.42 bits per heavy atom. The molecule has 0 bridgehead atoms. The number of H-pyrrole nitrogens is 1. The zero-order valence-electron chi connectivity index (χ0n) is 17.0. The minimum Gasteiger partial charge on any atom is -0.330 e. The highest BCUT2D eigenvalue weighted by Crippen LogP contribution is 2.38. The summed E-state index contributed by atoms with van der Waals surface area (Å²) >= 11 is 0. The highest BCUT2D eigenvalue weighted by Gasteiger charge is 2.43. The molecule has 4 N–H and O–H groups in total. The Hall–Kier alpha value is -3.40. The summed E-state index contributed by atoms with van der Waals surface area (Å²) in [5.41, 5.74) is 9.00. The fourth-order valence-corrected chi connectivity index (χ4v) is 3.96. The van der Waals surface area contributed by atoms with E-state index in [9.17, 15) is 9.18 Å². The first-order valence-corrected chi connectivity index (χ1v) is 10.0. The van der Waals surface area contributed by atoms with Gasteiger partial charge in [0.15, 0.2) is 11.5 Å². The van der Waals surface area contributed by atoms with E-state index in [4.69, 9.17) is 5.73 Å². The molecule has 1 unspecified atom stereocenters. The summed E-state index contributed by atoms with van der Waals surface area (Å²) < 4.78 is 30.1. The van der Waals surface area contributed by atoms with Crippen molar-refractivity contribution >= 4 is 28.3 Å². The minimum absolute atomic E-state index is 0.179. The monoisotopic (exact) mass is 425 g/mol. The summed E-state index contributed by atoms with van der Waals surface area (Å²) in [6.45, 7) is 3.88. The number of halogens is 2. The lowest BCUT2D eigenvalue weighted by atomic mass is 9.91. The van der Waals surface area contributed by atoms with Crippen LogP contribution in [0.2, 0.25) is 0 Å². The molecule has 8 nitrogen and oxygen atoms in total. The molecule has 5 rings (SSSR count). The van der Waals surface area contributed by atoms with E-state index in [0.717, 1.165) is 5.39 Å². The van der Waals surface area contributed by atoms with Crippen LogP contribution in [0.25, 0.3) is 27.8 Å². The molecule has 31 heavy (non-hydrogen) atoms. The first kappa shape index (κ1) is 19.6. The Morgan fingerprint density at radius 2 is 2.19 bits per heavy atom. The van der Waals surface area contributed by atoms with E-state index in [2.05, 4.69) is 25.5 Å². The van der Waals surface area contributed by atoms with Gasteiger partial charge in [0.05, 0.1) is 35.7 Å². The third-order valence-corrected chi connectivity index (χ3v) is 5.86. The molecule has 3 heterocycles. The molecular formula is C21H21F2N7O. The first-order valence-electron chi connectivity index (χ1n) is 10.0. The van der Waals surface area contributed by atoms with Gasteiger partial charge in [-0.2, -0.15) is 5.10 Å². The summed E-state index contributed by atoms with van der Waals surface area (Å²) in [5, 5.41) is 10.4. The van der Waals surface area contributed by atoms with E-state index in [1.165, 1.54) is 0 Å². The number of benzene rings is 1. The number of fused-ring (bicyclic) bond motifs is 2. The van der Waals surface area contributed by atoms with Gasteiger partial charge in [-0.25, -0.2) is 13.8 Å². The van der Waals surface area contributed by atoms with Gasteiger partial charge in [-0.15, -0.1) is 0 Å². The highest BCUT2D eigenvalue weighted by atomic mass is 19.1. The smallest absolute Gasteiger partial charge is 0.231 e. The summed E-state index contributed by atoms with van der Waals surface area (Å²) in [6.07, 6.45) is 5.70. The summed E-state index contributed by atoms with van der Waals surface area (Å²) in [7, 11) is 0. The highest BCUT2D eigenvalue weighted by molar-refractivity contribution is 5.97. The van der Waals surface area contributed by atoms with Crippen LogP contribution < -0.4 is 11.1 Å². The predicted octanol–water partition coefficient (Wildman–Crippen LogP) is 3.08. The van der Waals surface area contributed by atoms with Gasteiger partial charge in [0.1, 0.15) is 12.0 Å². The van der Waals surface area contributed by atoms with E-state index in [1.54, 1.807) is 36.1 Å². The Morgan fingerprint density at radius 3 is 2.90 bits per heavy atom. The Kier molecular flexibility index (Phi) is 4.47. The molecule has 0 aliphatic heterocycles. The molecule has 0 radical (unpaired) electrons. The van der Waals surface area contributed by atoms with E-state index in [1.807, 2.05) is 6.92 Å². The number of carbonyl (C=O) groups is 1. The number of imidazole rings is 1. The Balaban J connectivity index is 1.58. The van der Waals surface area contributed by atoms with Crippen LogP contribution in [-0.4, -0.2) is 43.2 Å². The second-order valence-corrected chi connectivity index (χ2v) is 8.03. The van der Waals surface area contributed by atoms with Gasteiger partial charge in [0.25, 0.3) is 0 Å². The molecule has 3 atom stereocenters. The maximum atomic E-state index is 15.3. The molecule has 0 spiro atoms. The lowest BCUT2D eigenvalue weighted by molar-refractivity contribution is -0.117. The quantitative estimate of drug-likeness (QED) is 0.455. The number of carbonyl (C=O) groups excluding carboxylic acids is 1. The Labute approximate surface area is 175 Å². The molecule has 1 aromatic carbocycles. The van der Waals surface area contributed by atoms with Crippen molar-refractivity contribution in [3.8, 4) is 11.3 Å². The van der Waals surface area contributed by atoms with E-state index in [0.29, 0.717) is 45.9 Å². The number of nitrogens with zero attached hydrogens (tertiary/aromatic N) is 4.